The van der Waals surface area contributed by atoms with Crippen LogP contribution in [0.1, 0.15) is 62.3 Å². The molecule has 242 valence electrons. The molecule has 0 bridgehead atoms. The zero-order valence-electron chi connectivity index (χ0n) is 25.3. The largest absolute Gasteiger partial charge is 0.480 e. The number of pyridine rings is 1. The Morgan fingerprint density at radius 2 is 1.55 bits per heavy atom. The molecule has 44 heavy (non-hydrogen) atoms. The van der Waals surface area contributed by atoms with Crippen LogP contribution in [-0.2, 0) is 30.9 Å². The van der Waals surface area contributed by atoms with E-state index in [-0.39, 0.29) is 38.7 Å². The number of aromatic nitrogens is 4. The average Bonchev–Trinajstić information content (AvgIpc) is 3.34. The van der Waals surface area contributed by atoms with Crippen molar-refractivity contribution in [2.75, 3.05) is 25.9 Å². The lowest BCUT2D eigenvalue weighted by Gasteiger charge is -2.32. The maximum atomic E-state index is 14.1. The number of halogens is 3. The van der Waals surface area contributed by atoms with Gasteiger partial charge in [-0.15, -0.1) is 0 Å². The minimum atomic E-state index is -4.62. The predicted molar refractivity (Wildman–Crippen MR) is 153 cm³/mol. The smallest absolute Gasteiger partial charge is 0.477 e. The minimum Gasteiger partial charge on any atom is -0.480 e. The number of carbonyl (C=O) groups is 1. The lowest BCUT2D eigenvalue weighted by Crippen LogP contribution is -2.35. The maximum absolute atomic E-state index is 14.1. The van der Waals surface area contributed by atoms with Gasteiger partial charge in [-0.1, -0.05) is 11.3 Å². The monoisotopic (exact) mass is 663 g/mol. The van der Waals surface area contributed by atoms with E-state index in [0.29, 0.717) is 6.20 Å². The first-order valence-electron chi connectivity index (χ1n) is 12.9. The highest BCUT2D eigenvalue weighted by molar-refractivity contribution is 7.48. The van der Waals surface area contributed by atoms with Gasteiger partial charge in [-0.2, -0.15) is 13.2 Å². The lowest BCUT2D eigenvalue weighted by atomic mass is 10.2. The number of hydrogen-bond acceptors (Lipinski definition) is 13. The van der Waals surface area contributed by atoms with Crippen molar-refractivity contribution in [3.05, 3.63) is 40.7 Å². The number of phosphoric ester groups is 1. The summed E-state index contributed by atoms with van der Waals surface area (Å²) in [5.74, 6) is -1.23. The van der Waals surface area contributed by atoms with Gasteiger partial charge in [0.2, 0.25) is 11.8 Å². The first kappa shape index (κ1) is 35.3. The topological polar surface area (TPSA) is 155 Å². The molecule has 0 radical (unpaired) electrons. The quantitative estimate of drug-likeness (QED) is 0.192. The number of alkyl halides is 3. The average molecular weight is 664 g/mol. The number of phosphoric acid groups is 1. The van der Waals surface area contributed by atoms with Crippen LogP contribution in [-0.4, -0.2) is 63.1 Å². The first-order chi connectivity index (χ1) is 20.3. The zero-order valence-corrected chi connectivity index (χ0v) is 27.0. The van der Waals surface area contributed by atoms with Crippen LogP contribution in [0, 0.1) is 0 Å². The van der Waals surface area contributed by atoms with Crippen molar-refractivity contribution in [3.8, 4) is 23.1 Å². The summed E-state index contributed by atoms with van der Waals surface area (Å²) in [5.41, 5.74) is -3.23. The number of aliphatic hydroxyl groups is 1. The van der Waals surface area contributed by atoms with Gasteiger partial charge in [0.05, 0.1) is 48.2 Å². The van der Waals surface area contributed by atoms with E-state index in [4.69, 9.17) is 23.0 Å². The fourth-order valence-electron chi connectivity index (χ4n) is 3.52. The van der Waals surface area contributed by atoms with Crippen LogP contribution in [0.25, 0.3) is 11.4 Å². The molecule has 3 aromatic rings. The summed E-state index contributed by atoms with van der Waals surface area (Å²) in [6, 6.07) is 1.90. The molecule has 0 saturated carbocycles. The van der Waals surface area contributed by atoms with Gasteiger partial charge in [0.15, 0.2) is 10.7 Å². The summed E-state index contributed by atoms with van der Waals surface area (Å²) in [7, 11) is -1.84. The third kappa shape index (κ3) is 8.92. The van der Waals surface area contributed by atoms with Gasteiger partial charge in [0, 0.05) is 6.20 Å². The normalized spacial score (nSPS) is 12.7. The van der Waals surface area contributed by atoms with Crippen molar-refractivity contribution in [1.82, 2.24) is 19.9 Å². The van der Waals surface area contributed by atoms with E-state index in [9.17, 15) is 27.6 Å². The molecule has 0 aliphatic carbocycles. The van der Waals surface area contributed by atoms with E-state index >= 15 is 0 Å². The third-order valence-electron chi connectivity index (χ3n) is 5.13. The Labute approximate surface area is 256 Å². The Balaban J connectivity index is 2.15. The van der Waals surface area contributed by atoms with Crippen molar-refractivity contribution >= 4 is 30.2 Å². The van der Waals surface area contributed by atoms with E-state index in [1.54, 1.807) is 41.5 Å². The highest BCUT2D eigenvalue weighted by atomic mass is 32.1. The summed E-state index contributed by atoms with van der Waals surface area (Å²) in [6.45, 7) is 8.41. The van der Waals surface area contributed by atoms with Gasteiger partial charge >= 0.3 is 14.0 Å². The van der Waals surface area contributed by atoms with Gasteiger partial charge < -0.3 is 14.6 Å². The Morgan fingerprint density at radius 3 is 1.98 bits per heavy atom. The van der Waals surface area contributed by atoms with E-state index < -0.39 is 50.0 Å². The molecule has 0 atom stereocenters. The van der Waals surface area contributed by atoms with Crippen molar-refractivity contribution in [1.29, 1.82) is 0 Å². The van der Waals surface area contributed by atoms with Crippen molar-refractivity contribution < 1.29 is 50.7 Å². The van der Waals surface area contributed by atoms with Crippen LogP contribution in [0.2, 0.25) is 0 Å². The Kier molecular flexibility index (Phi) is 10.8. The fourth-order valence-corrected chi connectivity index (χ4v) is 6.17. The Morgan fingerprint density at radius 1 is 0.977 bits per heavy atom. The maximum Gasteiger partial charge on any atom is 0.477 e. The van der Waals surface area contributed by atoms with Crippen LogP contribution in [0.15, 0.2) is 24.7 Å². The fraction of sp³-hybridized carbons (Fsp3) is 0.500. The van der Waals surface area contributed by atoms with Gasteiger partial charge in [0.1, 0.15) is 18.8 Å². The van der Waals surface area contributed by atoms with Crippen molar-refractivity contribution in [2.24, 2.45) is 0 Å². The van der Waals surface area contributed by atoms with E-state index in [1.807, 2.05) is 0 Å². The number of carbonyl (C=O) groups excluding carboxylic acids is 1. The number of aliphatic hydroxyl groups excluding tert-OH is 1. The third-order valence-corrected chi connectivity index (χ3v) is 8.17. The van der Waals surface area contributed by atoms with Gasteiger partial charge in [0.25, 0.3) is 5.91 Å². The van der Waals surface area contributed by atoms with E-state index in [1.165, 1.54) is 14.2 Å². The molecule has 0 saturated heterocycles. The zero-order chi connectivity index (χ0) is 33.1. The molecular weight excluding hydrogens is 630 g/mol. The second-order valence-electron chi connectivity index (χ2n) is 11.0. The van der Waals surface area contributed by atoms with Gasteiger partial charge in [-0.3, -0.25) is 28.2 Å². The molecule has 18 heteroatoms. The lowest BCUT2D eigenvalue weighted by molar-refractivity contribution is -0.137. The van der Waals surface area contributed by atoms with Crippen LogP contribution in [0.4, 0.5) is 18.3 Å². The van der Waals surface area contributed by atoms with Crippen LogP contribution in [0.3, 0.4) is 0 Å². The Bertz CT molecular complexity index is 1470. The van der Waals surface area contributed by atoms with Crippen LogP contribution < -0.4 is 14.4 Å². The van der Waals surface area contributed by atoms with Crippen molar-refractivity contribution in [2.45, 2.75) is 65.5 Å². The summed E-state index contributed by atoms with van der Waals surface area (Å²) in [4.78, 5) is 31.3. The second kappa shape index (κ2) is 13.4. The molecular formula is C26H33F3N5O8PS. The highest BCUT2D eigenvalue weighted by Crippen LogP contribution is 2.55. The van der Waals surface area contributed by atoms with Gasteiger partial charge in [-0.05, 0) is 53.7 Å². The van der Waals surface area contributed by atoms with Gasteiger partial charge in [-0.25, -0.2) is 19.5 Å². The summed E-state index contributed by atoms with van der Waals surface area (Å²) in [6.07, 6.45) is -2.88. The second-order valence-corrected chi connectivity index (χ2v) is 13.5. The molecule has 0 aliphatic rings. The van der Waals surface area contributed by atoms with E-state index in [0.717, 1.165) is 34.7 Å². The summed E-state index contributed by atoms with van der Waals surface area (Å²) in [5, 5.41) is 9.95. The first-order valence-corrected chi connectivity index (χ1v) is 15.1. The molecule has 1 amide bonds. The summed E-state index contributed by atoms with van der Waals surface area (Å²) < 4.78 is 80.7. The number of rotatable bonds is 11. The molecule has 13 nitrogen and oxygen atoms in total. The van der Waals surface area contributed by atoms with E-state index in [2.05, 4.69) is 19.9 Å². The standard InChI is InChI=1S/C26H33F3N5O8PS/c1-24(2,3)41-43(37,42-25(4,5)6)40-14-34(22(36)18-20(38-7)31-13-32-21(18)39-8)23-33-19(17(12-35)44-23)16-10-9-15(11-30-16)26(27,28)29/h9-11,13,35H,12,14H2,1-8H3. The SMILES string of the molecule is COc1ncnc(OC)c1C(=O)N(COP(=O)(OC(C)(C)C)OC(C)(C)C)c1nc(-c2ccc(C(F)(F)F)cn2)c(CO)s1. The van der Waals surface area contributed by atoms with Crippen LogP contribution in [0.5, 0.6) is 11.8 Å². The molecule has 0 aliphatic heterocycles. The van der Waals surface area contributed by atoms with Crippen LogP contribution >= 0.6 is 19.2 Å². The number of ether oxygens (including phenoxy) is 2. The summed E-state index contributed by atoms with van der Waals surface area (Å²) >= 11 is 0.807. The Hall–Kier alpha value is -3.21. The number of nitrogens with zero attached hydrogens (tertiary/aromatic N) is 5. The molecule has 0 fully saturated rings. The molecule has 3 rings (SSSR count). The molecule has 0 spiro atoms. The number of methoxy groups -OCH3 is 2. The number of amides is 1. The molecule has 1 N–H and O–H groups in total. The number of thiazole rings is 1. The molecule has 3 aromatic heterocycles. The molecule has 0 unspecified atom stereocenters. The number of anilines is 1. The molecule has 3 heterocycles. The minimum absolute atomic E-state index is 0.00216. The predicted octanol–water partition coefficient (Wildman–Crippen LogP) is 5.88. The molecule has 0 aromatic carbocycles. The highest BCUT2D eigenvalue weighted by Gasteiger charge is 2.40. The van der Waals surface area contributed by atoms with Crippen molar-refractivity contribution in [3.63, 3.8) is 0 Å². The number of hydrogen-bond donors (Lipinski definition) is 1.